The number of nitrogens with one attached hydrogen (secondary N) is 2. The highest BCUT2D eigenvalue weighted by Gasteiger charge is 2.07. The molecular formula is C20H16FN3O3. The Labute approximate surface area is 155 Å². The Kier molecular flexibility index (Phi) is 5.41. The minimum absolute atomic E-state index is 0.339. The van der Waals surface area contributed by atoms with Crippen molar-refractivity contribution in [3.05, 3.63) is 83.8 Å². The van der Waals surface area contributed by atoms with Crippen LogP contribution >= 0.6 is 0 Å². The van der Waals surface area contributed by atoms with Crippen LogP contribution in [0, 0.1) is 5.82 Å². The van der Waals surface area contributed by atoms with Crippen LogP contribution in [-0.4, -0.2) is 24.0 Å². The summed E-state index contributed by atoms with van der Waals surface area (Å²) in [4.78, 5) is 27.7. The van der Waals surface area contributed by atoms with E-state index < -0.39 is 11.8 Å². The van der Waals surface area contributed by atoms with Gasteiger partial charge >= 0.3 is 5.97 Å². The summed E-state index contributed by atoms with van der Waals surface area (Å²) in [5.41, 5.74) is 2.28. The molecule has 7 heteroatoms. The standard InChI is InChI=1S/C20H16FN3O3/c1-27-20(26)14-4-8-16(9-5-14)23-17-10-11-18(22-12-17)24-19(25)13-2-6-15(21)7-3-13/h2-12,23H,1H3,(H,22,24,25). The number of carbonyl (C=O) groups is 2. The molecular weight excluding hydrogens is 349 g/mol. The Bertz CT molecular complexity index is 940. The number of rotatable bonds is 5. The van der Waals surface area contributed by atoms with E-state index in [1.165, 1.54) is 31.4 Å². The Morgan fingerprint density at radius 3 is 2.11 bits per heavy atom. The minimum atomic E-state index is -0.403. The molecule has 27 heavy (non-hydrogen) atoms. The van der Waals surface area contributed by atoms with Crippen molar-refractivity contribution in [2.75, 3.05) is 17.7 Å². The predicted molar refractivity (Wildman–Crippen MR) is 99.7 cm³/mol. The maximum absolute atomic E-state index is 12.9. The molecule has 0 saturated heterocycles. The number of nitrogens with zero attached hydrogens (tertiary/aromatic N) is 1. The van der Waals surface area contributed by atoms with Crippen LogP contribution in [0.3, 0.4) is 0 Å². The van der Waals surface area contributed by atoms with Gasteiger partial charge < -0.3 is 15.4 Å². The lowest BCUT2D eigenvalue weighted by Gasteiger charge is -2.08. The van der Waals surface area contributed by atoms with Crippen LogP contribution in [0.4, 0.5) is 21.6 Å². The summed E-state index contributed by atoms with van der Waals surface area (Å²) in [6.07, 6.45) is 1.56. The van der Waals surface area contributed by atoms with E-state index in [1.54, 1.807) is 42.6 Å². The number of hydrogen-bond acceptors (Lipinski definition) is 5. The molecule has 0 unspecified atom stereocenters. The zero-order chi connectivity index (χ0) is 19.2. The summed E-state index contributed by atoms with van der Waals surface area (Å²) in [5.74, 6) is -0.804. The Balaban J connectivity index is 1.62. The molecule has 1 amide bonds. The van der Waals surface area contributed by atoms with Crippen LogP contribution in [0.1, 0.15) is 20.7 Å². The summed E-state index contributed by atoms with van der Waals surface area (Å²) in [5, 5.41) is 5.78. The van der Waals surface area contributed by atoms with E-state index in [4.69, 9.17) is 0 Å². The molecule has 1 heterocycles. The highest BCUT2D eigenvalue weighted by atomic mass is 19.1. The van der Waals surface area contributed by atoms with Crippen molar-refractivity contribution in [3.8, 4) is 0 Å². The fourth-order valence-corrected chi connectivity index (χ4v) is 2.31. The van der Waals surface area contributed by atoms with Crippen molar-refractivity contribution in [2.24, 2.45) is 0 Å². The van der Waals surface area contributed by atoms with Gasteiger partial charge in [0.25, 0.3) is 5.91 Å². The number of amides is 1. The zero-order valence-electron chi connectivity index (χ0n) is 14.4. The molecule has 1 aromatic heterocycles. The second-order valence-electron chi connectivity index (χ2n) is 5.59. The Morgan fingerprint density at radius 1 is 0.889 bits per heavy atom. The van der Waals surface area contributed by atoms with E-state index in [-0.39, 0.29) is 5.91 Å². The van der Waals surface area contributed by atoms with Crippen LogP contribution < -0.4 is 10.6 Å². The van der Waals surface area contributed by atoms with Crippen molar-refractivity contribution in [3.63, 3.8) is 0 Å². The maximum Gasteiger partial charge on any atom is 0.337 e. The molecule has 2 aromatic carbocycles. The largest absolute Gasteiger partial charge is 0.465 e. The van der Waals surface area contributed by atoms with Gasteiger partial charge in [-0.1, -0.05) is 0 Å². The van der Waals surface area contributed by atoms with Crippen molar-refractivity contribution >= 4 is 29.1 Å². The van der Waals surface area contributed by atoms with Gasteiger partial charge in [-0.05, 0) is 60.7 Å². The summed E-state index contributed by atoms with van der Waals surface area (Å²) >= 11 is 0. The third-order valence-corrected chi connectivity index (χ3v) is 3.71. The van der Waals surface area contributed by atoms with E-state index >= 15 is 0 Å². The molecule has 3 aromatic rings. The molecule has 0 fully saturated rings. The zero-order valence-corrected chi connectivity index (χ0v) is 14.4. The number of halogens is 1. The van der Waals surface area contributed by atoms with Gasteiger partial charge in [-0.3, -0.25) is 4.79 Å². The first-order valence-corrected chi connectivity index (χ1v) is 8.03. The van der Waals surface area contributed by atoms with E-state index in [2.05, 4.69) is 20.4 Å². The lowest BCUT2D eigenvalue weighted by Crippen LogP contribution is -2.12. The van der Waals surface area contributed by atoms with Crippen molar-refractivity contribution < 1.29 is 18.7 Å². The molecule has 0 spiro atoms. The minimum Gasteiger partial charge on any atom is -0.465 e. The smallest absolute Gasteiger partial charge is 0.337 e. The molecule has 0 aliphatic carbocycles. The van der Waals surface area contributed by atoms with Gasteiger partial charge in [-0.25, -0.2) is 14.2 Å². The number of anilines is 3. The number of pyridine rings is 1. The highest BCUT2D eigenvalue weighted by molar-refractivity contribution is 6.03. The Hall–Kier alpha value is -3.74. The van der Waals surface area contributed by atoms with Gasteiger partial charge in [0, 0.05) is 11.3 Å². The summed E-state index contributed by atoms with van der Waals surface area (Å²) < 4.78 is 17.6. The molecule has 6 nitrogen and oxygen atoms in total. The van der Waals surface area contributed by atoms with E-state index in [1.807, 2.05) is 0 Å². The highest BCUT2D eigenvalue weighted by Crippen LogP contribution is 2.18. The Morgan fingerprint density at radius 2 is 1.52 bits per heavy atom. The average molecular weight is 365 g/mol. The topological polar surface area (TPSA) is 80.3 Å². The summed E-state index contributed by atoms with van der Waals surface area (Å²) in [6, 6.07) is 15.4. The van der Waals surface area contributed by atoms with Crippen LogP contribution in [0.2, 0.25) is 0 Å². The van der Waals surface area contributed by atoms with Crippen molar-refractivity contribution in [2.45, 2.75) is 0 Å². The number of benzene rings is 2. The van der Waals surface area contributed by atoms with E-state index in [0.29, 0.717) is 22.6 Å². The van der Waals surface area contributed by atoms with Gasteiger partial charge in [0.1, 0.15) is 11.6 Å². The fourth-order valence-electron chi connectivity index (χ4n) is 2.31. The molecule has 0 atom stereocenters. The molecule has 0 bridgehead atoms. The molecule has 0 aliphatic rings. The number of esters is 1. The van der Waals surface area contributed by atoms with Crippen LogP contribution in [-0.2, 0) is 4.74 Å². The number of aromatic nitrogens is 1. The first kappa shape index (κ1) is 18.1. The van der Waals surface area contributed by atoms with E-state index in [0.717, 1.165) is 5.69 Å². The summed E-state index contributed by atoms with van der Waals surface area (Å²) in [7, 11) is 1.33. The number of methoxy groups -OCH3 is 1. The second kappa shape index (κ2) is 8.09. The third kappa shape index (κ3) is 4.66. The van der Waals surface area contributed by atoms with Crippen LogP contribution in [0.15, 0.2) is 66.9 Å². The maximum atomic E-state index is 12.9. The molecule has 136 valence electrons. The lowest BCUT2D eigenvalue weighted by molar-refractivity contribution is 0.0600. The molecule has 0 aliphatic heterocycles. The van der Waals surface area contributed by atoms with Crippen molar-refractivity contribution in [1.29, 1.82) is 0 Å². The predicted octanol–water partition coefficient (Wildman–Crippen LogP) is 4.00. The normalized spacial score (nSPS) is 10.1. The third-order valence-electron chi connectivity index (χ3n) is 3.71. The van der Waals surface area contributed by atoms with Crippen LogP contribution in [0.5, 0.6) is 0 Å². The summed E-state index contributed by atoms with van der Waals surface area (Å²) in [6.45, 7) is 0. The number of hydrogen-bond donors (Lipinski definition) is 2. The van der Waals surface area contributed by atoms with Gasteiger partial charge in [0.05, 0.1) is 24.6 Å². The SMILES string of the molecule is COC(=O)c1ccc(Nc2ccc(NC(=O)c3ccc(F)cc3)nc2)cc1. The fraction of sp³-hybridized carbons (Fsp3) is 0.0500. The molecule has 0 radical (unpaired) electrons. The van der Waals surface area contributed by atoms with Gasteiger partial charge in [-0.15, -0.1) is 0 Å². The van der Waals surface area contributed by atoms with Gasteiger partial charge in [0.2, 0.25) is 0 Å². The van der Waals surface area contributed by atoms with Gasteiger partial charge in [-0.2, -0.15) is 0 Å². The van der Waals surface area contributed by atoms with Gasteiger partial charge in [0.15, 0.2) is 0 Å². The van der Waals surface area contributed by atoms with Crippen molar-refractivity contribution in [1.82, 2.24) is 4.98 Å². The molecule has 3 rings (SSSR count). The number of ether oxygens (including phenoxy) is 1. The van der Waals surface area contributed by atoms with E-state index in [9.17, 15) is 14.0 Å². The lowest BCUT2D eigenvalue weighted by atomic mass is 10.2. The second-order valence-corrected chi connectivity index (χ2v) is 5.59. The van der Waals surface area contributed by atoms with Crippen LogP contribution in [0.25, 0.3) is 0 Å². The number of carbonyl (C=O) groups excluding carboxylic acids is 2. The average Bonchev–Trinajstić information content (AvgIpc) is 2.70. The first-order chi connectivity index (χ1) is 13.0. The monoisotopic (exact) mass is 365 g/mol. The quantitative estimate of drug-likeness (QED) is 0.668. The molecule has 0 saturated carbocycles. The first-order valence-electron chi connectivity index (χ1n) is 8.03. The molecule has 2 N–H and O–H groups in total.